The summed E-state index contributed by atoms with van der Waals surface area (Å²) in [7, 11) is 1.73. The molecule has 0 radical (unpaired) electrons. The van der Waals surface area contributed by atoms with Crippen LogP contribution in [0.1, 0.15) is 11.1 Å². The topological polar surface area (TPSA) is 21.3 Å². The standard InChI is InChI=1S/C15H15NOS/c1-9-8-12-15(10(2)14(9)17-3)18-13-7-5-4-6-11(13)16-12/h4-8,16H,1-3H3. The van der Waals surface area contributed by atoms with Gasteiger partial charge in [0.05, 0.1) is 18.5 Å². The number of aryl methyl sites for hydroxylation is 1. The Bertz CT molecular complexity index is 622. The Kier molecular flexibility index (Phi) is 2.71. The predicted octanol–water partition coefficient (Wildman–Crippen LogP) is 4.52. The van der Waals surface area contributed by atoms with E-state index in [4.69, 9.17) is 4.74 Å². The van der Waals surface area contributed by atoms with Gasteiger partial charge in [-0.05, 0) is 37.6 Å². The van der Waals surface area contributed by atoms with Crippen LogP contribution in [0.5, 0.6) is 5.75 Å². The molecule has 0 bridgehead atoms. The lowest BCUT2D eigenvalue weighted by Crippen LogP contribution is -2.03. The summed E-state index contributed by atoms with van der Waals surface area (Å²) in [6, 6.07) is 10.5. The molecule has 1 aliphatic rings. The Balaban J connectivity index is 2.16. The van der Waals surface area contributed by atoms with E-state index in [2.05, 4.69) is 49.5 Å². The summed E-state index contributed by atoms with van der Waals surface area (Å²) in [6.07, 6.45) is 0. The SMILES string of the molecule is COc1c(C)cc2c(c1C)Sc1ccccc1N2. The van der Waals surface area contributed by atoms with Crippen LogP contribution in [-0.2, 0) is 0 Å². The van der Waals surface area contributed by atoms with Crippen LogP contribution in [0.15, 0.2) is 40.1 Å². The van der Waals surface area contributed by atoms with Crippen LogP contribution in [0.3, 0.4) is 0 Å². The summed E-state index contributed by atoms with van der Waals surface area (Å²) in [5.74, 6) is 0.988. The molecular formula is C15H15NOS. The molecule has 0 fully saturated rings. The zero-order chi connectivity index (χ0) is 12.7. The first-order chi connectivity index (χ1) is 8.70. The number of benzene rings is 2. The molecular weight excluding hydrogens is 242 g/mol. The normalized spacial score (nSPS) is 12.4. The molecule has 0 saturated carbocycles. The lowest BCUT2D eigenvalue weighted by molar-refractivity contribution is 0.407. The van der Waals surface area contributed by atoms with Gasteiger partial charge in [-0.15, -0.1) is 0 Å². The van der Waals surface area contributed by atoms with Crippen LogP contribution in [-0.4, -0.2) is 7.11 Å². The molecule has 0 aliphatic carbocycles. The first-order valence-corrected chi connectivity index (χ1v) is 6.74. The van der Waals surface area contributed by atoms with Gasteiger partial charge in [-0.2, -0.15) is 0 Å². The lowest BCUT2D eigenvalue weighted by Gasteiger charge is -2.24. The zero-order valence-corrected chi connectivity index (χ0v) is 11.5. The molecule has 0 amide bonds. The third kappa shape index (κ3) is 1.66. The van der Waals surface area contributed by atoms with Gasteiger partial charge < -0.3 is 10.1 Å². The maximum atomic E-state index is 5.49. The third-order valence-corrected chi connectivity index (χ3v) is 4.52. The molecule has 18 heavy (non-hydrogen) atoms. The molecule has 0 saturated heterocycles. The minimum atomic E-state index is 0.988. The van der Waals surface area contributed by atoms with Crippen LogP contribution >= 0.6 is 11.8 Å². The van der Waals surface area contributed by atoms with E-state index >= 15 is 0 Å². The highest BCUT2D eigenvalue weighted by atomic mass is 32.2. The second kappa shape index (κ2) is 4.25. The second-order valence-corrected chi connectivity index (χ2v) is 5.50. The van der Waals surface area contributed by atoms with Crippen molar-refractivity contribution in [3.8, 4) is 5.75 Å². The van der Waals surface area contributed by atoms with Crippen molar-refractivity contribution < 1.29 is 4.74 Å². The predicted molar refractivity (Wildman–Crippen MR) is 76.3 cm³/mol. The number of para-hydroxylation sites is 1. The molecule has 0 unspecified atom stereocenters. The van der Waals surface area contributed by atoms with Gasteiger partial charge in [-0.3, -0.25) is 0 Å². The molecule has 1 heterocycles. The van der Waals surface area contributed by atoms with Crippen molar-refractivity contribution in [1.82, 2.24) is 0 Å². The monoisotopic (exact) mass is 257 g/mol. The van der Waals surface area contributed by atoms with Gasteiger partial charge >= 0.3 is 0 Å². The lowest BCUT2D eigenvalue weighted by atomic mass is 10.1. The number of rotatable bonds is 1. The van der Waals surface area contributed by atoms with Gasteiger partial charge in [-0.1, -0.05) is 23.9 Å². The zero-order valence-electron chi connectivity index (χ0n) is 10.7. The quantitative estimate of drug-likeness (QED) is 0.692. The van der Waals surface area contributed by atoms with Crippen LogP contribution in [0.2, 0.25) is 0 Å². The van der Waals surface area contributed by atoms with Crippen molar-refractivity contribution in [1.29, 1.82) is 0 Å². The maximum absolute atomic E-state index is 5.49. The second-order valence-electron chi connectivity index (χ2n) is 4.45. The summed E-state index contributed by atoms with van der Waals surface area (Å²) in [5, 5.41) is 3.50. The maximum Gasteiger partial charge on any atom is 0.125 e. The Hall–Kier alpha value is -1.61. The number of anilines is 2. The Morgan fingerprint density at radius 2 is 1.89 bits per heavy atom. The van der Waals surface area contributed by atoms with Gasteiger partial charge in [0.15, 0.2) is 0 Å². The smallest absolute Gasteiger partial charge is 0.125 e. The molecule has 3 rings (SSSR count). The number of nitrogens with one attached hydrogen (secondary N) is 1. The fourth-order valence-electron chi connectivity index (χ4n) is 2.40. The summed E-state index contributed by atoms with van der Waals surface area (Å²) >= 11 is 1.80. The highest BCUT2D eigenvalue weighted by Gasteiger charge is 2.20. The Morgan fingerprint density at radius 3 is 2.67 bits per heavy atom. The van der Waals surface area contributed by atoms with Gasteiger partial charge in [-0.25, -0.2) is 0 Å². The van der Waals surface area contributed by atoms with E-state index in [9.17, 15) is 0 Å². The van der Waals surface area contributed by atoms with E-state index in [-0.39, 0.29) is 0 Å². The molecule has 2 aromatic carbocycles. The summed E-state index contributed by atoms with van der Waals surface area (Å²) < 4.78 is 5.49. The molecule has 3 heteroatoms. The molecule has 1 aliphatic heterocycles. The minimum absolute atomic E-state index is 0.988. The van der Waals surface area contributed by atoms with E-state index in [0.29, 0.717) is 0 Å². The Labute approximate surface area is 111 Å². The molecule has 0 aromatic heterocycles. The van der Waals surface area contributed by atoms with Crippen molar-refractivity contribution >= 4 is 23.1 Å². The van der Waals surface area contributed by atoms with Crippen molar-refractivity contribution in [3.63, 3.8) is 0 Å². The largest absolute Gasteiger partial charge is 0.496 e. The van der Waals surface area contributed by atoms with E-state index in [1.165, 1.54) is 32.3 Å². The highest BCUT2D eigenvalue weighted by molar-refractivity contribution is 7.99. The van der Waals surface area contributed by atoms with Gasteiger partial charge in [0.1, 0.15) is 5.75 Å². The van der Waals surface area contributed by atoms with Crippen molar-refractivity contribution in [2.75, 3.05) is 12.4 Å². The number of hydrogen-bond acceptors (Lipinski definition) is 3. The average Bonchev–Trinajstić information content (AvgIpc) is 2.37. The molecule has 2 nitrogen and oxygen atoms in total. The molecule has 92 valence electrons. The first-order valence-electron chi connectivity index (χ1n) is 5.93. The summed E-state index contributed by atoms with van der Waals surface area (Å²) in [4.78, 5) is 2.52. The van der Waals surface area contributed by atoms with Crippen LogP contribution in [0.25, 0.3) is 0 Å². The van der Waals surface area contributed by atoms with Crippen molar-refractivity contribution in [2.24, 2.45) is 0 Å². The Morgan fingerprint density at radius 1 is 1.11 bits per heavy atom. The van der Waals surface area contributed by atoms with Crippen LogP contribution in [0.4, 0.5) is 11.4 Å². The van der Waals surface area contributed by atoms with E-state index < -0.39 is 0 Å². The van der Waals surface area contributed by atoms with Crippen molar-refractivity contribution in [2.45, 2.75) is 23.6 Å². The number of fused-ring (bicyclic) bond motifs is 2. The van der Waals surface area contributed by atoms with Gasteiger partial charge in [0.25, 0.3) is 0 Å². The third-order valence-electron chi connectivity index (χ3n) is 3.22. The molecule has 2 aromatic rings. The van der Waals surface area contributed by atoms with E-state index in [0.717, 1.165) is 5.75 Å². The minimum Gasteiger partial charge on any atom is -0.496 e. The van der Waals surface area contributed by atoms with E-state index in [1.54, 1.807) is 18.9 Å². The number of ether oxygens (including phenoxy) is 1. The summed E-state index contributed by atoms with van der Waals surface area (Å²) in [6.45, 7) is 4.20. The first kappa shape index (κ1) is 11.5. The van der Waals surface area contributed by atoms with Crippen molar-refractivity contribution in [3.05, 3.63) is 41.5 Å². The van der Waals surface area contributed by atoms with Crippen LogP contribution in [0, 0.1) is 13.8 Å². The van der Waals surface area contributed by atoms with Gasteiger partial charge in [0, 0.05) is 15.4 Å². The van der Waals surface area contributed by atoms with Crippen LogP contribution < -0.4 is 10.1 Å². The average molecular weight is 257 g/mol. The number of hydrogen-bond donors (Lipinski definition) is 1. The fraction of sp³-hybridized carbons (Fsp3) is 0.200. The van der Waals surface area contributed by atoms with Gasteiger partial charge in [0.2, 0.25) is 0 Å². The fourth-order valence-corrected chi connectivity index (χ4v) is 3.46. The molecule has 0 spiro atoms. The highest BCUT2D eigenvalue weighted by Crippen LogP contribution is 2.48. The summed E-state index contributed by atoms with van der Waals surface area (Å²) in [5.41, 5.74) is 4.73. The number of methoxy groups -OCH3 is 1. The molecule has 0 atom stereocenters. The van der Waals surface area contributed by atoms with E-state index in [1.807, 2.05) is 0 Å². The molecule has 1 N–H and O–H groups in total.